The van der Waals surface area contributed by atoms with Crippen LogP contribution in [0.5, 0.6) is 0 Å². The Hall–Kier alpha value is -0.120. The fourth-order valence-corrected chi connectivity index (χ4v) is 5.06. The molecule has 3 atom stereocenters. The zero-order chi connectivity index (χ0) is 14.2. The molecule has 3 aliphatic heterocycles. The molecule has 0 aliphatic carbocycles. The minimum absolute atomic E-state index is 0.150. The highest BCUT2D eigenvalue weighted by Gasteiger charge is 2.44. The van der Waals surface area contributed by atoms with E-state index in [1.807, 2.05) is 0 Å². The van der Waals surface area contributed by atoms with Crippen LogP contribution < -0.4 is 5.73 Å². The third-order valence-electron chi connectivity index (χ3n) is 6.24. The van der Waals surface area contributed by atoms with Gasteiger partial charge in [-0.15, -0.1) is 0 Å². The normalized spacial score (nSPS) is 41.5. The smallest absolute Gasteiger partial charge is 0.0692 e. The second kappa shape index (κ2) is 5.94. The van der Waals surface area contributed by atoms with Crippen molar-refractivity contribution in [1.82, 2.24) is 4.90 Å². The van der Waals surface area contributed by atoms with Crippen LogP contribution in [0.2, 0.25) is 0 Å². The maximum Gasteiger partial charge on any atom is 0.0692 e. The van der Waals surface area contributed by atoms with Crippen LogP contribution >= 0.6 is 0 Å². The molecule has 0 aromatic rings. The number of nitrogens with two attached hydrogens (primary N) is 1. The molecule has 0 spiro atoms. The third-order valence-corrected chi connectivity index (χ3v) is 6.24. The van der Waals surface area contributed by atoms with Gasteiger partial charge in [-0.25, -0.2) is 0 Å². The van der Waals surface area contributed by atoms with E-state index in [2.05, 4.69) is 18.7 Å². The van der Waals surface area contributed by atoms with E-state index in [0.717, 1.165) is 37.6 Å². The van der Waals surface area contributed by atoms with Gasteiger partial charge >= 0.3 is 0 Å². The molecule has 0 aromatic heterocycles. The van der Waals surface area contributed by atoms with Crippen molar-refractivity contribution < 1.29 is 4.74 Å². The van der Waals surface area contributed by atoms with Gasteiger partial charge in [0.25, 0.3) is 0 Å². The van der Waals surface area contributed by atoms with Crippen molar-refractivity contribution in [2.45, 2.75) is 101 Å². The molecule has 0 radical (unpaired) electrons. The highest BCUT2D eigenvalue weighted by atomic mass is 16.5. The lowest BCUT2D eigenvalue weighted by molar-refractivity contribution is -0.132. The highest BCUT2D eigenvalue weighted by molar-refractivity contribution is 5.00. The van der Waals surface area contributed by atoms with Crippen LogP contribution in [0.3, 0.4) is 0 Å². The van der Waals surface area contributed by atoms with Gasteiger partial charge in [-0.2, -0.15) is 0 Å². The molecule has 0 aromatic carbocycles. The van der Waals surface area contributed by atoms with Gasteiger partial charge in [-0.05, 0) is 51.4 Å². The lowest BCUT2D eigenvalue weighted by Gasteiger charge is -2.54. The quantitative estimate of drug-likeness (QED) is 0.863. The Morgan fingerprint density at radius 1 is 1.05 bits per heavy atom. The molecule has 2 N–H and O–H groups in total. The number of hydrogen-bond donors (Lipinski definition) is 1. The molecule has 3 saturated heterocycles. The van der Waals surface area contributed by atoms with Gasteiger partial charge in [0.05, 0.1) is 5.60 Å². The molecule has 3 aliphatic rings. The first-order valence-corrected chi connectivity index (χ1v) is 8.84. The summed E-state index contributed by atoms with van der Waals surface area (Å²) >= 11 is 0. The Labute approximate surface area is 124 Å². The van der Waals surface area contributed by atoms with E-state index in [9.17, 15) is 0 Å². The molecule has 3 heteroatoms. The van der Waals surface area contributed by atoms with E-state index in [0.29, 0.717) is 6.04 Å². The lowest BCUT2D eigenvalue weighted by Crippen LogP contribution is -2.61. The van der Waals surface area contributed by atoms with Crippen molar-refractivity contribution in [2.24, 2.45) is 5.73 Å². The van der Waals surface area contributed by atoms with Crippen molar-refractivity contribution in [3.8, 4) is 0 Å². The Morgan fingerprint density at radius 2 is 1.70 bits per heavy atom. The van der Waals surface area contributed by atoms with Crippen LogP contribution in [0.15, 0.2) is 0 Å². The number of ether oxygens (including phenoxy) is 1. The van der Waals surface area contributed by atoms with Crippen LogP contribution in [-0.4, -0.2) is 41.3 Å². The van der Waals surface area contributed by atoms with Crippen molar-refractivity contribution in [3.05, 3.63) is 0 Å². The Bertz CT molecular complexity index is 315. The van der Waals surface area contributed by atoms with Gasteiger partial charge in [-0.1, -0.05) is 20.3 Å². The molecule has 116 valence electrons. The fraction of sp³-hybridized carbons (Fsp3) is 1.00. The van der Waals surface area contributed by atoms with Crippen LogP contribution in [0.25, 0.3) is 0 Å². The summed E-state index contributed by atoms with van der Waals surface area (Å²) in [4.78, 5) is 2.88. The first-order valence-electron chi connectivity index (χ1n) is 8.84. The van der Waals surface area contributed by atoms with E-state index in [-0.39, 0.29) is 5.60 Å². The molecule has 3 fully saturated rings. The Balaban J connectivity index is 1.74. The summed E-state index contributed by atoms with van der Waals surface area (Å²) in [5.74, 6) is 0. The van der Waals surface area contributed by atoms with Crippen molar-refractivity contribution in [2.75, 3.05) is 6.61 Å². The summed E-state index contributed by atoms with van der Waals surface area (Å²) in [6.45, 7) is 5.53. The number of piperidine rings is 2. The molecule has 0 amide bonds. The summed E-state index contributed by atoms with van der Waals surface area (Å²) in [7, 11) is 0. The van der Waals surface area contributed by atoms with E-state index in [1.165, 1.54) is 44.9 Å². The fourth-order valence-electron chi connectivity index (χ4n) is 5.06. The Morgan fingerprint density at radius 3 is 2.30 bits per heavy atom. The first kappa shape index (κ1) is 14.8. The standard InChI is InChI=1S/C17H32N2O/c1-3-17(4-2)12-16(8-9-20-17)19-14-6-5-7-15(19)11-13(18)10-14/h13-16H,3-12,18H2,1-2H3. The van der Waals surface area contributed by atoms with E-state index in [1.54, 1.807) is 0 Å². The van der Waals surface area contributed by atoms with E-state index in [4.69, 9.17) is 10.5 Å². The first-order chi connectivity index (χ1) is 9.67. The van der Waals surface area contributed by atoms with Gasteiger partial charge in [0.2, 0.25) is 0 Å². The molecule has 3 rings (SSSR count). The van der Waals surface area contributed by atoms with Gasteiger partial charge in [0.1, 0.15) is 0 Å². The third kappa shape index (κ3) is 2.65. The largest absolute Gasteiger partial charge is 0.375 e. The second-order valence-corrected chi connectivity index (χ2v) is 7.30. The summed E-state index contributed by atoms with van der Waals surface area (Å²) < 4.78 is 6.18. The maximum absolute atomic E-state index is 6.27. The van der Waals surface area contributed by atoms with E-state index < -0.39 is 0 Å². The minimum atomic E-state index is 0.150. The summed E-state index contributed by atoms with van der Waals surface area (Å²) in [6.07, 6.45) is 11.4. The highest BCUT2D eigenvalue weighted by Crippen LogP contribution is 2.41. The summed E-state index contributed by atoms with van der Waals surface area (Å²) in [6, 6.07) is 2.70. The minimum Gasteiger partial charge on any atom is -0.375 e. The zero-order valence-electron chi connectivity index (χ0n) is 13.3. The lowest BCUT2D eigenvalue weighted by atomic mass is 9.77. The molecular formula is C17H32N2O. The average molecular weight is 280 g/mol. The molecule has 3 unspecified atom stereocenters. The van der Waals surface area contributed by atoms with Crippen LogP contribution in [-0.2, 0) is 4.74 Å². The van der Waals surface area contributed by atoms with Gasteiger partial charge in [0, 0.05) is 30.8 Å². The Kier molecular flexibility index (Phi) is 4.40. The molecule has 20 heavy (non-hydrogen) atoms. The van der Waals surface area contributed by atoms with Crippen LogP contribution in [0.1, 0.15) is 71.6 Å². The molecule has 3 heterocycles. The van der Waals surface area contributed by atoms with Gasteiger partial charge < -0.3 is 10.5 Å². The topological polar surface area (TPSA) is 38.5 Å². The number of hydrogen-bond acceptors (Lipinski definition) is 3. The van der Waals surface area contributed by atoms with Crippen molar-refractivity contribution in [3.63, 3.8) is 0 Å². The molecule has 2 bridgehead atoms. The molecular weight excluding hydrogens is 248 g/mol. The SMILES string of the molecule is CCC1(CC)CC(N2C3CCCC2CC(N)C3)CCO1. The predicted molar refractivity (Wildman–Crippen MR) is 82.8 cm³/mol. The molecule has 3 nitrogen and oxygen atoms in total. The maximum atomic E-state index is 6.27. The van der Waals surface area contributed by atoms with Crippen molar-refractivity contribution >= 4 is 0 Å². The summed E-state index contributed by atoms with van der Waals surface area (Å²) in [5.41, 5.74) is 6.42. The van der Waals surface area contributed by atoms with E-state index >= 15 is 0 Å². The predicted octanol–water partition coefficient (Wildman–Crippen LogP) is 3.07. The van der Waals surface area contributed by atoms with Gasteiger partial charge in [0.15, 0.2) is 0 Å². The average Bonchev–Trinajstić information content (AvgIpc) is 2.46. The van der Waals surface area contributed by atoms with Gasteiger partial charge in [-0.3, -0.25) is 4.90 Å². The number of fused-ring (bicyclic) bond motifs is 2. The zero-order valence-corrected chi connectivity index (χ0v) is 13.3. The van der Waals surface area contributed by atoms with Crippen molar-refractivity contribution in [1.29, 1.82) is 0 Å². The number of rotatable bonds is 3. The van der Waals surface area contributed by atoms with Crippen LogP contribution in [0.4, 0.5) is 0 Å². The monoisotopic (exact) mass is 280 g/mol. The second-order valence-electron chi connectivity index (χ2n) is 7.30. The number of nitrogens with zero attached hydrogens (tertiary/aromatic N) is 1. The summed E-state index contributed by atoms with van der Waals surface area (Å²) in [5, 5.41) is 0. The van der Waals surface area contributed by atoms with Crippen LogP contribution in [0, 0.1) is 0 Å². The molecule has 0 saturated carbocycles.